The molecule has 0 saturated carbocycles. The fourth-order valence-electron chi connectivity index (χ4n) is 2.81. The zero-order valence-corrected chi connectivity index (χ0v) is 14.3. The summed E-state index contributed by atoms with van der Waals surface area (Å²) in [6.45, 7) is 1.63. The summed E-state index contributed by atoms with van der Waals surface area (Å²) in [5, 5.41) is 5.07. The maximum Gasteiger partial charge on any atom is 0.313 e. The number of pyridine rings is 1. The highest BCUT2D eigenvalue weighted by Crippen LogP contribution is 2.20. The number of carbonyl (C=O) groups excluding carboxylic acids is 3. The number of para-hydroxylation sites is 1. The second kappa shape index (κ2) is 8.24. The van der Waals surface area contributed by atoms with E-state index in [9.17, 15) is 14.4 Å². The Morgan fingerprint density at radius 2 is 1.77 bits per heavy atom. The molecule has 0 aliphatic carbocycles. The molecule has 1 fully saturated rings. The number of carbonyl (C=O) groups is 3. The molecular formula is C19H20N4O3. The number of hydrogen-bond donors (Lipinski definition) is 2. The Balaban J connectivity index is 1.63. The average molecular weight is 352 g/mol. The largest absolute Gasteiger partial charge is 0.344 e. The van der Waals surface area contributed by atoms with Gasteiger partial charge in [0.05, 0.1) is 11.3 Å². The first-order valence-electron chi connectivity index (χ1n) is 8.51. The second-order valence-electron chi connectivity index (χ2n) is 6.04. The van der Waals surface area contributed by atoms with Gasteiger partial charge >= 0.3 is 11.8 Å². The van der Waals surface area contributed by atoms with Crippen molar-refractivity contribution in [1.82, 2.24) is 15.2 Å². The van der Waals surface area contributed by atoms with Crippen molar-refractivity contribution < 1.29 is 14.4 Å². The maximum atomic E-state index is 12.6. The van der Waals surface area contributed by atoms with E-state index in [0.717, 1.165) is 18.4 Å². The lowest BCUT2D eigenvalue weighted by atomic mass is 10.1. The molecule has 1 aromatic heterocycles. The van der Waals surface area contributed by atoms with Gasteiger partial charge < -0.3 is 15.5 Å². The van der Waals surface area contributed by atoms with Crippen molar-refractivity contribution in [3.05, 3.63) is 59.9 Å². The zero-order valence-electron chi connectivity index (χ0n) is 14.3. The summed E-state index contributed by atoms with van der Waals surface area (Å²) in [4.78, 5) is 42.5. The highest BCUT2D eigenvalue weighted by atomic mass is 16.2. The first-order valence-corrected chi connectivity index (χ1v) is 8.51. The molecule has 0 bridgehead atoms. The van der Waals surface area contributed by atoms with Crippen LogP contribution in [0, 0.1) is 0 Å². The summed E-state index contributed by atoms with van der Waals surface area (Å²) in [6.07, 6.45) is 5.21. The monoisotopic (exact) mass is 352 g/mol. The van der Waals surface area contributed by atoms with Gasteiger partial charge in [-0.2, -0.15) is 0 Å². The Kier molecular flexibility index (Phi) is 5.58. The van der Waals surface area contributed by atoms with Crippen LogP contribution in [0.15, 0.2) is 48.8 Å². The molecule has 1 aliphatic rings. The van der Waals surface area contributed by atoms with Gasteiger partial charge in [-0.1, -0.05) is 18.2 Å². The van der Waals surface area contributed by atoms with Crippen LogP contribution in [0.4, 0.5) is 5.69 Å². The molecule has 2 heterocycles. The average Bonchev–Trinajstić information content (AvgIpc) is 3.21. The van der Waals surface area contributed by atoms with E-state index in [1.54, 1.807) is 53.7 Å². The molecule has 0 spiro atoms. The molecule has 0 radical (unpaired) electrons. The number of nitrogens with one attached hydrogen (secondary N) is 2. The van der Waals surface area contributed by atoms with Crippen LogP contribution in [0.1, 0.15) is 28.8 Å². The van der Waals surface area contributed by atoms with Crippen LogP contribution < -0.4 is 10.6 Å². The van der Waals surface area contributed by atoms with Gasteiger partial charge in [-0.3, -0.25) is 19.4 Å². The first kappa shape index (κ1) is 17.6. The predicted octanol–water partition coefficient (Wildman–Crippen LogP) is 1.57. The molecule has 2 aromatic rings. The highest BCUT2D eigenvalue weighted by Gasteiger charge is 2.23. The Morgan fingerprint density at radius 3 is 2.50 bits per heavy atom. The third kappa shape index (κ3) is 4.24. The standard InChI is InChI=1S/C19H20N4O3/c24-17(21-13-14-6-5-9-20-12-14)18(25)22-16-8-2-1-7-15(16)19(26)23-10-3-4-11-23/h1-2,5-9,12H,3-4,10-11,13H2,(H,21,24)(H,22,25). The Labute approximate surface area is 151 Å². The molecule has 3 rings (SSSR count). The molecule has 1 saturated heterocycles. The van der Waals surface area contributed by atoms with E-state index in [1.807, 2.05) is 0 Å². The van der Waals surface area contributed by atoms with Gasteiger partial charge in [0.15, 0.2) is 0 Å². The Morgan fingerprint density at radius 1 is 1.00 bits per heavy atom. The van der Waals surface area contributed by atoms with Crippen molar-refractivity contribution in [2.45, 2.75) is 19.4 Å². The predicted molar refractivity (Wildman–Crippen MR) is 96.3 cm³/mol. The van der Waals surface area contributed by atoms with Gasteiger partial charge in [0, 0.05) is 32.0 Å². The third-order valence-electron chi connectivity index (χ3n) is 4.18. The summed E-state index contributed by atoms with van der Waals surface area (Å²) >= 11 is 0. The molecule has 1 aliphatic heterocycles. The van der Waals surface area contributed by atoms with Crippen molar-refractivity contribution >= 4 is 23.4 Å². The number of benzene rings is 1. The Hall–Kier alpha value is -3.22. The summed E-state index contributed by atoms with van der Waals surface area (Å²) in [5.74, 6) is -1.71. The van der Waals surface area contributed by atoms with Gasteiger partial charge in [-0.05, 0) is 36.6 Å². The van der Waals surface area contributed by atoms with Crippen molar-refractivity contribution in [1.29, 1.82) is 0 Å². The van der Waals surface area contributed by atoms with E-state index in [-0.39, 0.29) is 12.5 Å². The van der Waals surface area contributed by atoms with Crippen LogP contribution in [0.2, 0.25) is 0 Å². The third-order valence-corrected chi connectivity index (χ3v) is 4.18. The number of hydrogen-bond acceptors (Lipinski definition) is 4. The number of rotatable bonds is 4. The Bertz CT molecular complexity index is 801. The van der Waals surface area contributed by atoms with Crippen LogP contribution in [0.3, 0.4) is 0 Å². The number of amides is 3. The molecule has 7 heteroatoms. The maximum absolute atomic E-state index is 12.6. The van der Waals surface area contributed by atoms with Gasteiger partial charge in [-0.15, -0.1) is 0 Å². The van der Waals surface area contributed by atoms with E-state index in [1.165, 1.54) is 0 Å². The number of likely N-dealkylation sites (tertiary alicyclic amines) is 1. The van der Waals surface area contributed by atoms with Crippen molar-refractivity contribution in [2.24, 2.45) is 0 Å². The van der Waals surface area contributed by atoms with E-state index >= 15 is 0 Å². The molecule has 2 N–H and O–H groups in total. The summed E-state index contributed by atoms with van der Waals surface area (Å²) in [6, 6.07) is 10.3. The quantitative estimate of drug-likeness (QED) is 0.817. The van der Waals surface area contributed by atoms with Crippen LogP contribution in [-0.4, -0.2) is 40.7 Å². The molecule has 0 atom stereocenters. The zero-order chi connectivity index (χ0) is 18.4. The van der Waals surface area contributed by atoms with Gasteiger partial charge in [0.2, 0.25) is 0 Å². The lowest BCUT2D eigenvalue weighted by molar-refractivity contribution is -0.136. The molecule has 0 unspecified atom stereocenters. The van der Waals surface area contributed by atoms with Crippen molar-refractivity contribution in [3.63, 3.8) is 0 Å². The van der Waals surface area contributed by atoms with Crippen LogP contribution >= 0.6 is 0 Å². The van der Waals surface area contributed by atoms with E-state index in [0.29, 0.717) is 24.3 Å². The van der Waals surface area contributed by atoms with Gasteiger partial charge in [-0.25, -0.2) is 0 Å². The lowest BCUT2D eigenvalue weighted by Gasteiger charge is -2.17. The highest BCUT2D eigenvalue weighted by molar-refractivity contribution is 6.40. The van der Waals surface area contributed by atoms with E-state index < -0.39 is 11.8 Å². The summed E-state index contributed by atoms with van der Waals surface area (Å²) < 4.78 is 0. The van der Waals surface area contributed by atoms with Crippen molar-refractivity contribution in [2.75, 3.05) is 18.4 Å². The van der Waals surface area contributed by atoms with Gasteiger partial charge in [0.25, 0.3) is 5.91 Å². The topological polar surface area (TPSA) is 91.4 Å². The first-order chi connectivity index (χ1) is 12.6. The van der Waals surface area contributed by atoms with Crippen LogP contribution in [0.25, 0.3) is 0 Å². The number of nitrogens with zero attached hydrogens (tertiary/aromatic N) is 2. The number of anilines is 1. The molecule has 26 heavy (non-hydrogen) atoms. The fraction of sp³-hybridized carbons (Fsp3) is 0.263. The minimum atomic E-state index is -0.810. The van der Waals surface area contributed by atoms with Crippen LogP contribution in [-0.2, 0) is 16.1 Å². The second-order valence-corrected chi connectivity index (χ2v) is 6.04. The molecular weight excluding hydrogens is 332 g/mol. The summed E-state index contributed by atoms with van der Waals surface area (Å²) in [7, 11) is 0. The van der Waals surface area contributed by atoms with Crippen molar-refractivity contribution in [3.8, 4) is 0 Å². The SMILES string of the molecule is O=C(NCc1cccnc1)C(=O)Nc1ccccc1C(=O)N1CCCC1. The number of aromatic nitrogens is 1. The summed E-state index contributed by atoms with van der Waals surface area (Å²) in [5.41, 5.74) is 1.52. The van der Waals surface area contributed by atoms with E-state index in [2.05, 4.69) is 15.6 Å². The van der Waals surface area contributed by atoms with Crippen LogP contribution in [0.5, 0.6) is 0 Å². The minimum Gasteiger partial charge on any atom is -0.344 e. The fourth-order valence-corrected chi connectivity index (χ4v) is 2.81. The minimum absolute atomic E-state index is 0.130. The molecule has 1 aromatic carbocycles. The lowest BCUT2D eigenvalue weighted by Crippen LogP contribution is -2.36. The smallest absolute Gasteiger partial charge is 0.313 e. The molecule has 134 valence electrons. The molecule has 3 amide bonds. The van der Waals surface area contributed by atoms with E-state index in [4.69, 9.17) is 0 Å². The molecule has 7 nitrogen and oxygen atoms in total. The normalized spacial score (nSPS) is 13.3. The van der Waals surface area contributed by atoms with Gasteiger partial charge in [0.1, 0.15) is 0 Å².